The number of amides is 2. The normalized spacial score (nSPS) is 11.6. The van der Waals surface area contributed by atoms with Crippen LogP contribution < -0.4 is 5.32 Å². The molecule has 0 atom stereocenters. The number of benzene rings is 1. The third kappa shape index (κ3) is 5.68. The van der Waals surface area contributed by atoms with Gasteiger partial charge in [0.1, 0.15) is 5.82 Å². The van der Waals surface area contributed by atoms with E-state index in [0.29, 0.717) is 18.3 Å². The van der Waals surface area contributed by atoms with Crippen LogP contribution in [0.4, 0.5) is 5.82 Å². The molecule has 0 spiro atoms. The van der Waals surface area contributed by atoms with Gasteiger partial charge >= 0.3 is 0 Å². The van der Waals surface area contributed by atoms with E-state index in [-0.39, 0.29) is 23.8 Å². The highest BCUT2D eigenvalue weighted by atomic mass is 16.2. The SMILES string of the molecule is CC(=O)N(CC(=O)Nc1cc(C(C)(C)C)nn1-c1cccc(C)c1C)CC(C)C. The predicted octanol–water partition coefficient (Wildman–Crippen LogP) is 4.23. The molecular formula is C23H34N4O2. The Bertz CT molecular complexity index is 891. The fourth-order valence-corrected chi connectivity index (χ4v) is 3.09. The molecule has 1 aromatic heterocycles. The molecule has 29 heavy (non-hydrogen) atoms. The predicted molar refractivity (Wildman–Crippen MR) is 117 cm³/mol. The van der Waals surface area contributed by atoms with Crippen molar-refractivity contribution < 1.29 is 9.59 Å². The molecule has 0 aliphatic heterocycles. The Kier molecular flexibility index (Phi) is 6.88. The molecule has 6 heteroatoms. The quantitative estimate of drug-likeness (QED) is 0.792. The van der Waals surface area contributed by atoms with Crippen LogP contribution in [0.2, 0.25) is 0 Å². The minimum atomic E-state index is -0.229. The summed E-state index contributed by atoms with van der Waals surface area (Å²) in [5.41, 5.74) is 3.93. The van der Waals surface area contributed by atoms with Crippen molar-refractivity contribution in [1.82, 2.24) is 14.7 Å². The molecule has 158 valence electrons. The van der Waals surface area contributed by atoms with Gasteiger partial charge in [-0.05, 0) is 37.0 Å². The number of aryl methyl sites for hydroxylation is 1. The third-order valence-corrected chi connectivity index (χ3v) is 4.91. The average molecular weight is 399 g/mol. The lowest BCUT2D eigenvalue weighted by molar-refractivity contribution is -0.133. The van der Waals surface area contributed by atoms with Crippen LogP contribution in [0.3, 0.4) is 0 Å². The molecule has 6 nitrogen and oxygen atoms in total. The molecule has 0 unspecified atom stereocenters. The highest BCUT2D eigenvalue weighted by Crippen LogP contribution is 2.28. The van der Waals surface area contributed by atoms with Crippen molar-refractivity contribution in [2.24, 2.45) is 5.92 Å². The highest BCUT2D eigenvalue weighted by Gasteiger charge is 2.23. The number of hydrogen-bond donors (Lipinski definition) is 1. The summed E-state index contributed by atoms with van der Waals surface area (Å²) in [6.45, 7) is 16.5. The van der Waals surface area contributed by atoms with Crippen LogP contribution in [0.1, 0.15) is 58.4 Å². The first kappa shape index (κ1) is 22.7. The Morgan fingerprint density at radius 1 is 1.21 bits per heavy atom. The molecule has 1 aromatic carbocycles. The van der Waals surface area contributed by atoms with Crippen molar-refractivity contribution in [3.63, 3.8) is 0 Å². The average Bonchev–Trinajstić information content (AvgIpc) is 3.00. The van der Waals surface area contributed by atoms with Crippen molar-refractivity contribution in [1.29, 1.82) is 0 Å². The second-order valence-electron chi connectivity index (χ2n) is 9.14. The maximum atomic E-state index is 12.8. The van der Waals surface area contributed by atoms with Gasteiger partial charge in [-0.3, -0.25) is 9.59 Å². The van der Waals surface area contributed by atoms with E-state index in [4.69, 9.17) is 5.10 Å². The van der Waals surface area contributed by atoms with Crippen LogP contribution in [0.15, 0.2) is 24.3 Å². The highest BCUT2D eigenvalue weighted by molar-refractivity contribution is 5.94. The maximum absolute atomic E-state index is 12.8. The van der Waals surface area contributed by atoms with Crippen LogP contribution >= 0.6 is 0 Å². The monoisotopic (exact) mass is 398 g/mol. The molecule has 2 amide bonds. The smallest absolute Gasteiger partial charge is 0.245 e. The second kappa shape index (κ2) is 8.80. The number of hydrogen-bond acceptors (Lipinski definition) is 3. The molecule has 0 saturated carbocycles. The van der Waals surface area contributed by atoms with Crippen molar-refractivity contribution >= 4 is 17.6 Å². The lowest BCUT2D eigenvalue weighted by Crippen LogP contribution is -2.39. The van der Waals surface area contributed by atoms with E-state index in [9.17, 15) is 9.59 Å². The third-order valence-electron chi connectivity index (χ3n) is 4.91. The van der Waals surface area contributed by atoms with Gasteiger partial charge in [-0.1, -0.05) is 46.8 Å². The van der Waals surface area contributed by atoms with E-state index in [0.717, 1.165) is 22.5 Å². The van der Waals surface area contributed by atoms with Gasteiger partial charge in [0.05, 0.1) is 17.9 Å². The number of aromatic nitrogens is 2. The van der Waals surface area contributed by atoms with Gasteiger partial charge in [0.25, 0.3) is 0 Å². The number of carbonyl (C=O) groups excluding carboxylic acids is 2. The van der Waals surface area contributed by atoms with Crippen molar-refractivity contribution in [2.75, 3.05) is 18.4 Å². The van der Waals surface area contributed by atoms with Gasteiger partial charge in [0.2, 0.25) is 11.8 Å². The molecule has 1 heterocycles. The van der Waals surface area contributed by atoms with E-state index in [1.54, 1.807) is 9.58 Å². The molecule has 2 aromatic rings. The minimum Gasteiger partial charge on any atom is -0.333 e. The van der Waals surface area contributed by atoms with Crippen LogP contribution in [0.5, 0.6) is 0 Å². The van der Waals surface area contributed by atoms with E-state index >= 15 is 0 Å². The zero-order valence-electron chi connectivity index (χ0n) is 19.0. The molecule has 0 bridgehead atoms. The Balaban J connectivity index is 2.38. The molecule has 0 radical (unpaired) electrons. The molecule has 2 rings (SSSR count). The van der Waals surface area contributed by atoms with Gasteiger partial charge in [-0.2, -0.15) is 5.10 Å². The summed E-state index contributed by atoms with van der Waals surface area (Å²) in [6, 6.07) is 7.96. The largest absolute Gasteiger partial charge is 0.333 e. The van der Waals surface area contributed by atoms with Gasteiger partial charge in [0.15, 0.2) is 0 Å². The summed E-state index contributed by atoms with van der Waals surface area (Å²) < 4.78 is 1.79. The molecule has 0 aliphatic carbocycles. The van der Waals surface area contributed by atoms with E-state index in [1.807, 2.05) is 32.0 Å². The Morgan fingerprint density at radius 3 is 2.41 bits per heavy atom. The summed E-state index contributed by atoms with van der Waals surface area (Å²) in [6.07, 6.45) is 0. The number of carbonyl (C=O) groups is 2. The molecular weight excluding hydrogens is 364 g/mol. The first-order valence-corrected chi connectivity index (χ1v) is 10.1. The molecule has 0 saturated heterocycles. The van der Waals surface area contributed by atoms with Gasteiger partial charge in [-0.15, -0.1) is 0 Å². The summed E-state index contributed by atoms with van der Waals surface area (Å²) in [5.74, 6) is 0.571. The topological polar surface area (TPSA) is 67.2 Å². The summed E-state index contributed by atoms with van der Waals surface area (Å²) in [4.78, 5) is 26.2. The zero-order valence-corrected chi connectivity index (χ0v) is 19.0. The minimum absolute atomic E-state index is 0.0242. The van der Waals surface area contributed by atoms with Gasteiger partial charge in [0, 0.05) is 24.9 Å². The maximum Gasteiger partial charge on any atom is 0.245 e. The first-order chi connectivity index (χ1) is 13.4. The van der Waals surface area contributed by atoms with Crippen molar-refractivity contribution in [3.05, 3.63) is 41.1 Å². The van der Waals surface area contributed by atoms with E-state index in [2.05, 4.69) is 46.0 Å². The molecule has 0 aliphatic rings. The second-order valence-corrected chi connectivity index (χ2v) is 9.14. The van der Waals surface area contributed by atoms with Gasteiger partial charge < -0.3 is 10.2 Å². The fourth-order valence-electron chi connectivity index (χ4n) is 3.09. The number of nitrogens with zero attached hydrogens (tertiary/aromatic N) is 3. The Hall–Kier alpha value is -2.63. The standard InChI is InChI=1S/C23H34N4O2/c1-15(2)13-26(18(5)28)14-22(29)24-21-12-20(23(6,7)8)25-27(21)19-11-9-10-16(3)17(19)4/h9-12,15H,13-14H2,1-8H3,(H,24,29). The Labute approximate surface area is 174 Å². The van der Waals surface area contributed by atoms with E-state index in [1.165, 1.54) is 6.92 Å². The lowest BCUT2D eigenvalue weighted by atomic mass is 9.92. The van der Waals surface area contributed by atoms with Crippen LogP contribution in [0.25, 0.3) is 5.69 Å². The van der Waals surface area contributed by atoms with Gasteiger partial charge in [-0.25, -0.2) is 4.68 Å². The summed E-state index contributed by atoms with van der Waals surface area (Å²) in [7, 11) is 0. The lowest BCUT2D eigenvalue weighted by Gasteiger charge is -2.22. The number of anilines is 1. The van der Waals surface area contributed by atoms with E-state index < -0.39 is 0 Å². The molecule has 1 N–H and O–H groups in total. The van der Waals surface area contributed by atoms with Crippen molar-refractivity contribution in [3.8, 4) is 5.69 Å². The van der Waals surface area contributed by atoms with Crippen LogP contribution in [-0.2, 0) is 15.0 Å². The first-order valence-electron chi connectivity index (χ1n) is 10.1. The van der Waals surface area contributed by atoms with Crippen LogP contribution in [-0.4, -0.2) is 39.6 Å². The van der Waals surface area contributed by atoms with Crippen molar-refractivity contribution in [2.45, 2.75) is 60.8 Å². The molecule has 0 fully saturated rings. The number of nitrogens with one attached hydrogen (secondary N) is 1. The summed E-state index contributed by atoms with van der Waals surface area (Å²) in [5, 5.41) is 7.77. The van der Waals surface area contributed by atoms with Crippen LogP contribution in [0, 0.1) is 19.8 Å². The zero-order chi connectivity index (χ0) is 21.9. The summed E-state index contributed by atoms with van der Waals surface area (Å²) >= 11 is 0. The Morgan fingerprint density at radius 2 is 1.86 bits per heavy atom. The number of rotatable bonds is 6. The fraction of sp³-hybridized carbons (Fsp3) is 0.522.